The van der Waals surface area contributed by atoms with E-state index in [1.807, 2.05) is 0 Å². The maximum Gasteiger partial charge on any atom is 0.276 e. The molecule has 0 aliphatic carbocycles. The number of nitrogens with zero attached hydrogens (tertiary/aromatic N) is 4. The molecule has 33 heavy (non-hydrogen) atoms. The van der Waals surface area contributed by atoms with Crippen molar-refractivity contribution in [3.8, 4) is 0 Å². The van der Waals surface area contributed by atoms with Crippen LogP contribution in [0.1, 0.15) is 59.1 Å². The summed E-state index contributed by atoms with van der Waals surface area (Å²) in [7, 11) is 0. The van der Waals surface area contributed by atoms with Crippen molar-refractivity contribution >= 4 is 11.8 Å². The van der Waals surface area contributed by atoms with Gasteiger partial charge in [-0.05, 0) is 38.2 Å². The van der Waals surface area contributed by atoms with Gasteiger partial charge < -0.3 is 19.7 Å². The minimum absolute atomic E-state index is 0.0641. The van der Waals surface area contributed by atoms with E-state index in [0.29, 0.717) is 51.3 Å². The van der Waals surface area contributed by atoms with E-state index in [4.69, 9.17) is 9.47 Å². The number of carbonyl (C=O) groups is 2. The molecule has 0 unspecified atom stereocenters. The fourth-order valence-electron chi connectivity index (χ4n) is 4.82. The number of hydrogen-bond acceptors (Lipinski definition) is 6. The van der Waals surface area contributed by atoms with Gasteiger partial charge in [0.25, 0.3) is 5.91 Å². The summed E-state index contributed by atoms with van der Waals surface area (Å²) in [6.07, 6.45) is 3.41. The Balaban J connectivity index is 1.15. The molecule has 5 rings (SSSR count). The van der Waals surface area contributed by atoms with Crippen LogP contribution < -0.4 is 5.32 Å². The van der Waals surface area contributed by atoms with E-state index in [2.05, 4.69) is 46.8 Å². The van der Waals surface area contributed by atoms with E-state index in [-0.39, 0.29) is 29.9 Å². The summed E-state index contributed by atoms with van der Waals surface area (Å²) in [5.74, 6) is -0.135. The number of likely N-dealkylation sites (tertiary alicyclic amines) is 1. The summed E-state index contributed by atoms with van der Waals surface area (Å²) < 4.78 is 13.4. The number of aromatic nitrogens is 3. The summed E-state index contributed by atoms with van der Waals surface area (Å²) in [4.78, 5) is 27.4. The molecule has 9 nitrogen and oxygen atoms in total. The normalized spacial score (nSPS) is 23.4. The van der Waals surface area contributed by atoms with Crippen LogP contribution in [0.2, 0.25) is 0 Å². The van der Waals surface area contributed by atoms with Gasteiger partial charge in [0.05, 0.1) is 24.9 Å². The Morgan fingerprint density at radius 2 is 1.91 bits per heavy atom. The maximum absolute atomic E-state index is 13.1. The molecule has 4 heterocycles. The molecule has 1 N–H and O–H groups in total. The molecule has 9 heteroatoms. The summed E-state index contributed by atoms with van der Waals surface area (Å²) in [5.41, 5.74) is 3.38. The molecule has 1 aromatic heterocycles. The summed E-state index contributed by atoms with van der Waals surface area (Å²) in [5, 5.41) is 11.4. The van der Waals surface area contributed by atoms with Crippen LogP contribution in [0.5, 0.6) is 0 Å². The second-order valence-corrected chi connectivity index (χ2v) is 9.22. The Morgan fingerprint density at radius 3 is 2.64 bits per heavy atom. The van der Waals surface area contributed by atoms with Crippen molar-refractivity contribution in [1.82, 2.24) is 25.2 Å². The molecule has 2 saturated heterocycles. The Bertz CT molecular complexity index is 991. The lowest BCUT2D eigenvalue weighted by atomic mass is 9.95. The summed E-state index contributed by atoms with van der Waals surface area (Å²) in [6, 6.07) is 8.26. The third kappa shape index (κ3) is 4.79. The average molecular weight is 454 g/mol. The van der Waals surface area contributed by atoms with Crippen molar-refractivity contribution in [2.45, 2.75) is 58.0 Å². The SMILES string of the molecule is Cc1ccc([C@H]2Cn3nnc(C(=O)N4CCC(C(=O)NC[C@@H]5CCCO5)CC4)c3CO2)cc1. The van der Waals surface area contributed by atoms with E-state index in [0.717, 1.165) is 30.7 Å². The second kappa shape index (κ2) is 9.61. The molecule has 0 spiro atoms. The highest BCUT2D eigenvalue weighted by atomic mass is 16.5. The Morgan fingerprint density at radius 1 is 1.12 bits per heavy atom. The number of amides is 2. The van der Waals surface area contributed by atoms with Crippen LogP contribution in [0, 0.1) is 12.8 Å². The van der Waals surface area contributed by atoms with Gasteiger partial charge in [-0.3, -0.25) is 9.59 Å². The van der Waals surface area contributed by atoms with Gasteiger partial charge in [-0.2, -0.15) is 0 Å². The van der Waals surface area contributed by atoms with Crippen LogP contribution in [0.25, 0.3) is 0 Å². The van der Waals surface area contributed by atoms with Crippen LogP contribution in [-0.2, 0) is 27.4 Å². The fraction of sp³-hybridized carbons (Fsp3) is 0.583. The fourth-order valence-corrected chi connectivity index (χ4v) is 4.82. The topological polar surface area (TPSA) is 98.6 Å². The van der Waals surface area contributed by atoms with Crippen molar-refractivity contribution < 1.29 is 19.1 Å². The zero-order chi connectivity index (χ0) is 22.8. The van der Waals surface area contributed by atoms with Gasteiger partial charge in [0.15, 0.2) is 5.69 Å². The Labute approximate surface area is 193 Å². The maximum atomic E-state index is 13.1. The Hall–Kier alpha value is -2.78. The number of piperidine rings is 1. The quantitative estimate of drug-likeness (QED) is 0.744. The van der Waals surface area contributed by atoms with Gasteiger partial charge in [-0.1, -0.05) is 35.0 Å². The van der Waals surface area contributed by atoms with Crippen molar-refractivity contribution in [1.29, 1.82) is 0 Å². The zero-order valence-electron chi connectivity index (χ0n) is 19.0. The number of fused-ring (bicyclic) bond motifs is 1. The molecule has 0 bridgehead atoms. The molecule has 3 aliphatic heterocycles. The second-order valence-electron chi connectivity index (χ2n) is 9.22. The highest BCUT2D eigenvalue weighted by Gasteiger charge is 2.33. The van der Waals surface area contributed by atoms with Crippen LogP contribution >= 0.6 is 0 Å². The number of carbonyl (C=O) groups excluding carboxylic acids is 2. The monoisotopic (exact) mass is 453 g/mol. The summed E-state index contributed by atoms with van der Waals surface area (Å²) >= 11 is 0. The van der Waals surface area contributed by atoms with Crippen molar-refractivity contribution in [2.75, 3.05) is 26.2 Å². The standard InChI is InChI=1S/C24H31N5O4/c1-16-4-6-17(7-5-16)21-14-29-20(15-33-21)22(26-27-29)24(31)28-10-8-18(9-11-28)23(30)25-13-19-3-2-12-32-19/h4-7,18-19,21H,2-3,8-15H2,1H3,(H,25,30)/t19-,21+/m0/s1. The number of rotatable bonds is 5. The number of benzene rings is 1. The predicted octanol–water partition coefficient (Wildman–Crippen LogP) is 2.01. The lowest BCUT2D eigenvalue weighted by Gasteiger charge is -2.31. The molecule has 3 aliphatic rings. The molecule has 0 radical (unpaired) electrons. The van der Waals surface area contributed by atoms with Gasteiger partial charge in [0.2, 0.25) is 5.91 Å². The first-order valence-electron chi connectivity index (χ1n) is 11.9. The van der Waals surface area contributed by atoms with Gasteiger partial charge >= 0.3 is 0 Å². The molecule has 176 valence electrons. The van der Waals surface area contributed by atoms with Gasteiger partial charge in [0.1, 0.15) is 6.10 Å². The molecule has 0 saturated carbocycles. The largest absolute Gasteiger partial charge is 0.376 e. The van der Waals surface area contributed by atoms with Crippen LogP contribution in [-0.4, -0.2) is 64.1 Å². The van der Waals surface area contributed by atoms with Crippen molar-refractivity contribution in [3.63, 3.8) is 0 Å². The third-order valence-electron chi connectivity index (χ3n) is 6.93. The minimum atomic E-state index is -0.133. The molecule has 2 amide bonds. The van der Waals surface area contributed by atoms with Crippen LogP contribution in [0.15, 0.2) is 24.3 Å². The van der Waals surface area contributed by atoms with Crippen molar-refractivity contribution in [3.05, 3.63) is 46.8 Å². The van der Waals surface area contributed by atoms with Crippen LogP contribution in [0.3, 0.4) is 0 Å². The molecule has 2 atom stereocenters. The first-order valence-corrected chi connectivity index (χ1v) is 11.9. The molecular formula is C24H31N5O4. The molecule has 2 fully saturated rings. The van der Waals surface area contributed by atoms with Gasteiger partial charge in [-0.25, -0.2) is 4.68 Å². The summed E-state index contributed by atoms with van der Waals surface area (Å²) in [6.45, 7) is 5.32. The zero-order valence-corrected chi connectivity index (χ0v) is 19.0. The van der Waals surface area contributed by atoms with Crippen LogP contribution in [0.4, 0.5) is 0 Å². The lowest BCUT2D eigenvalue weighted by molar-refractivity contribution is -0.126. The molecular weight excluding hydrogens is 422 g/mol. The number of aryl methyl sites for hydroxylation is 1. The molecule has 1 aromatic carbocycles. The smallest absolute Gasteiger partial charge is 0.276 e. The first-order chi connectivity index (χ1) is 16.1. The van der Waals surface area contributed by atoms with E-state index >= 15 is 0 Å². The number of ether oxygens (including phenoxy) is 2. The molecule has 2 aromatic rings. The van der Waals surface area contributed by atoms with Gasteiger partial charge in [-0.15, -0.1) is 5.10 Å². The highest BCUT2D eigenvalue weighted by Crippen LogP contribution is 2.28. The predicted molar refractivity (Wildman–Crippen MR) is 119 cm³/mol. The number of nitrogens with one attached hydrogen (secondary N) is 1. The van der Waals surface area contributed by atoms with Gasteiger partial charge in [0, 0.05) is 32.2 Å². The van der Waals surface area contributed by atoms with E-state index in [9.17, 15) is 9.59 Å². The van der Waals surface area contributed by atoms with E-state index in [1.54, 1.807) is 9.58 Å². The first kappa shape index (κ1) is 22.0. The highest BCUT2D eigenvalue weighted by molar-refractivity contribution is 5.93. The van der Waals surface area contributed by atoms with E-state index in [1.165, 1.54) is 5.56 Å². The van der Waals surface area contributed by atoms with E-state index < -0.39 is 0 Å². The third-order valence-corrected chi connectivity index (χ3v) is 6.93. The minimum Gasteiger partial charge on any atom is -0.376 e. The average Bonchev–Trinajstić information content (AvgIpc) is 3.52. The lowest BCUT2D eigenvalue weighted by Crippen LogP contribution is -2.44. The number of hydrogen-bond donors (Lipinski definition) is 1. The Kier molecular flexibility index (Phi) is 6.41. The van der Waals surface area contributed by atoms with Crippen molar-refractivity contribution in [2.24, 2.45) is 5.92 Å².